The highest BCUT2D eigenvalue weighted by molar-refractivity contribution is 6.18. The molecule has 2 aromatic carbocycles. The van der Waals surface area contributed by atoms with Gasteiger partial charge in [0, 0.05) is 11.8 Å². The fraction of sp³-hybridized carbons (Fsp3) is 0.500. The van der Waals surface area contributed by atoms with Crippen LogP contribution in [-0.4, -0.2) is 25.0 Å². The molecule has 0 fully saturated rings. The Hall–Kier alpha value is -1.12. The number of halogens is 2. The zero-order valence-corrected chi connectivity index (χ0v) is 15.6. The van der Waals surface area contributed by atoms with Crippen molar-refractivity contribution in [2.75, 3.05) is 25.0 Å². The predicted molar refractivity (Wildman–Crippen MR) is 104 cm³/mol. The molecule has 0 bridgehead atoms. The van der Waals surface area contributed by atoms with Crippen molar-refractivity contribution in [1.29, 1.82) is 0 Å². The van der Waals surface area contributed by atoms with Crippen molar-refractivity contribution in [2.45, 2.75) is 38.5 Å². The van der Waals surface area contributed by atoms with Crippen LogP contribution in [0.1, 0.15) is 38.5 Å². The molecule has 132 valence electrons. The lowest BCUT2D eigenvalue weighted by Gasteiger charge is -2.09. The maximum Gasteiger partial charge on any atom is 0.119 e. The summed E-state index contributed by atoms with van der Waals surface area (Å²) in [5.74, 6) is 3.30. The van der Waals surface area contributed by atoms with E-state index in [0.717, 1.165) is 75.0 Å². The predicted octanol–water partition coefficient (Wildman–Crippen LogP) is 6.42. The second kappa shape index (κ2) is 11.4. The zero-order valence-electron chi connectivity index (χ0n) is 14.1. The zero-order chi connectivity index (χ0) is 17.0. The van der Waals surface area contributed by atoms with Crippen molar-refractivity contribution in [2.24, 2.45) is 0 Å². The number of hydrogen-bond donors (Lipinski definition) is 0. The fourth-order valence-electron chi connectivity index (χ4n) is 2.51. The summed E-state index contributed by atoms with van der Waals surface area (Å²) in [6, 6.07) is 12.4. The van der Waals surface area contributed by atoms with E-state index >= 15 is 0 Å². The van der Waals surface area contributed by atoms with Gasteiger partial charge >= 0.3 is 0 Å². The highest BCUT2D eigenvalue weighted by Crippen LogP contribution is 2.25. The third-order valence-electron chi connectivity index (χ3n) is 3.88. The molecule has 0 radical (unpaired) electrons. The Morgan fingerprint density at radius 1 is 0.583 bits per heavy atom. The van der Waals surface area contributed by atoms with Crippen molar-refractivity contribution in [3.05, 3.63) is 36.4 Å². The average Bonchev–Trinajstić information content (AvgIpc) is 2.61. The van der Waals surface area contributed by atoms with Crippen LogP contribution in [0.4, 0.5) is 0 Å². The van der Waals surface area contributed by atoms with Crippen LogP contribution in [0.25, 0.3) is 10.8 Å². The molecular formula is C20H26Cl2O2. The topological polar surface area (TPSA) is 18.5 Å². The molecule has 0 amide bonds. The van der Waals surface area contributed by atoms with E-state index in [4.69, 9.17) is 32.7 Å². The third kappa shape index (κ3) is 6.78. The standard InChI is InChI=1S/C20H26Cl2O2/c21-11-3-1-5-13-23-19-9-7-18-16-20(10-8-17(18)15-19)24-14-6-2-4-12-22/h7-10,15-16H,1-6,11-14H2. The van der Waals surface area contributed by atoms with Gasteiger partial charge in [0.05, 0.1) is 13.2 Å². The van der Waals surface area contributed by atoms with Gasteiger partial charge in [0.15, 0.2) is 0 Å². The van der Waals surface area contributed by atoms with Gasteiger partial charge in [0.2, 0.25) is 0 Å². The minimum absolute atomic E-state index is 0.729. The molecule has 0 unspecified atom stereocenters. The molecule has 0 spiro atoms. The van der Waals surface area contributed by atoms with Crippen LogP contribution in [0.3, 0.4) is 0 Å². The van der Waals surface area contributed by atoms with Crippen molar-refractivity contribution in [3.63, 3.8) is 0 Å². The Bertz CT molecular complexity index is 548. The lowest BCUT2D eigenvalue weighted by Crippen LogP contribution is -1.98. The summed E-state index contributed by atoms with van der Waals surface area (Å²) < 4.78 is 11.6. The summed E-state index contributed by atoms with van der Waals surface area (Å²) in [5, 5.41) is 2.34. The van der Waals surface area contributed by atoms with Crippen molar-refractivity contribution >= 4 is 34.0 Å². The Balaban J connectivity index is 1.83. The van der Waals surface area contributed by atoms with E-state index in [1.54, 1.807) is 0 Å². The molecule has 0 saturated heterocycles. The summed E-state index contributed by atoms with van der Waals surface area (Å²) >= 11 is 11.3. The first-order valence-corrected chi connectivity index (χ1v) is 9.82. The molecule has 0 heterocycles. The summed E-state index contributed by atoms with van der Waals surface area (Å²) in [6.45, 7) is 1.48. The molecule has 24 heavy (non-hydrogen) atoms. The molecule has 0 aliphatic heterocycles. The number of alkyl halides is 2. The summed E-state index contributed by atoms with van der Waals surface area (Å²) in [6.07, 6.45) is 6.42. The highest BCUT2D eigenvalue weighted by atomic mass is 35.5. The van der Waals surface area contributed by atoms with Crippen LogP contribution in [0.5, 0.6) is 11.5 Å². The number of fused-ring (bicyclic) bond motifs is 1. The Morgan fingerprint density at radius 2 is 1.04 bits per heavy atom. The largest absolute Gasteiger partial charge is 0.494 e. The lowest BCUT2D eigenvalue weighted by molar-refractivity contribution is 0.306. The van der Waals surface area contributed by atoms with Gasteiger partial charge in [0.1, 0.15) is 11.5 Å². The highest BCUT2D eigenvalue weighted by Gasteiger charge is 2.01. The van der Waals surface area contributed by atoms with Gasteiger partial charge in [-0.15, -0.1) is 23.2 Å². The second-order valence-corrected chi connectivity index (χ2v) is 6.62. The SMILES string of the molecule is ClCCCCCOc1ccc2cc(OCCCCCCl)ccc2c1. The summed E-state index contributed by atoms with van der Waals surface area (Å²) in [7, 11) is 0. The molecule has 0 aromatic heterocycles. The average molecular weight is 369 g/mol. The lowest BCUT2D eigenvalue weighted by atomic mass is 10.1. The van der Waals surface area contributed by atoms with E-state index < -0.39 is 0 Å². The molecule has 2 nitrogen and oxygen atoms in total. The van der Waals surface area contributed by atoms with E-state index in [9.17, 15) is 0 Å². The molecule has 2 aromatic rings. The molecule has 0 N–H and O–H groups in total. The molecule has 2 rings (SSSR count). The number of unbranched alkanes of at least 4 members (excludes halogenated alkanes) is 4. The minimum Gasteiger partial charge on any atom is -0.494 e. The molecule has 0 aliphatic rings. The number of rotatable bonds is 12. The Labute approximate surface area is 155 Å². The van der Waals surface area contributed by atoms with E-state index in [1.807, 2.05) is 12.1 Å². The van der Waals surface area contributed by atoms with Crippen molar-refractivity contribution < 1.29 is 9.47 Å². The van der Waals surface area contributed by atoms with Crippen LogP contribution < -0.4 is 9.47 Å². The maximum absolute atomic E-state index is 5.81. The normalized spacial score (nSPS) is 10.9. The summed E-state index contributed by atoms with van der Waals surface area (Å²) in [4.78, 5) is 0. The fourth-order valence-corrected chi connectivity index (χ4v) is 2.89. The molecule has 0 aliphatic carbocycles. The van der Waals surface area contributed by atoms with Crippen LogP contribution >= 0.6 is 23.2 Å². The van der Waals surface area contributed by atoms with Crippen molar-refractivity contribution in [3.8, 4) is 11.5 Å². The molecule has 4 heteroatoms. The second-order valence-electron chi connectivity index (χ2n) is 5.87. The van der Waals surface area contributed by atoms with Crippen molar-refractivity contribution in [1.82, 2.24) is 0 Å². The van der Waals surface area contributed by atoms with Crippen LogP contribution in [-0.2, 0) is 0 Å². The van der Waals surface area contributed by atoms with Crippen LogP contribution in [0.2, 0.25) is 0 Å². The van der Waals surface area contributed by atoms with Gasteiger partial charge in [-0.25, -0.2) is 0 Å². The van der Waals surface area contributed by atoms with E-state index in [1.165, 1.54) is 10.8 Å². The van der Waals surface area contributed by atoms with Gasteiger partial charge in [-0.2, -0.15) is 0 Å². The smallest absolute Gasteiger partial charge is 0.119 e. The first-order chi connectivity index (χ1) is 11.8. The van der Waals surface area contributed by atoms with E-state index in [-0.39, 0.29) is 0 Å². The monoisotopic (exact) mass is 368 g/mol. The number of hydrogen-bond acceptors (Lipinski definition) is 2. The van der Waals surface area contributed by atoms with Gasteiger partial charge in [-0.1, -0.05) is 12.1 Å². The van der Waals surface area contributed by atoms with Gasteiger partial charge in [-0.3, -0.25) is 0 Å². The number of ether oxygens (including phenoxy) is 2. The third-order valence-corrected chi connectivity index (χ3v) is 4.41. The minimum atomic E-state index is 0.729. The van der Waals surface area contributed by atoms with Gasteiger partial charge in [0.25, 0.3) is 0 Å². The Kier molecular flexibility index (Phi) is 9.15. The first-order valence-electron chi connectivity index (χ1n) is 8.75. The van der Waals surface area contributed by atoms with Crippen LogP contribution in [0, 0.1) is 0 Å². The molecule has 0 atom stereocenters. The van der Waals surface area contributed by atoms with Crippen LogP contribution in [0.15, 0.2) is 36.4 Å². The van der Waals surface area contributed by atoms with Gasteiger partial charge in [-0.05, 0) is 73.6 Å². The van der Waals surface area contributed by atoms with E-state index in [2.05, 4.69) is 24.3 Å². The van der Waals surface area contributed by atoms with E-state index in [0.29, 0.717) is 0 Å². The summed E-state index contributed by atoms with van der Waals surface area (Å²) in [5.41, 5.74) is 0. The van der Waals surface area contributed by atoms with Gasteiger partial charge < -0.3 is 9.47 Å². The molecule has 0 saturated carbocycles. The molecular weight excluding hydrogens is 343 g/mol. The first kappa shape index (κ1) is 19.2. The maximum atomic E-state index is 5.81. The quantitative estimate of drug-likeness (QED) is 0.318. The Morgan fingerprint density at radius 3 is 1.46 bits per heavy atom. The number of benzene rings is 2.